The molecule has 15 heavy (non-hydrogen) atoms. The number of pyridine rings is 1. The maximum absolute atomic E-state index is 5.65. The standard InChI is InChI=1S/C11H13N3O/c1-2-10(11-7-12-5-6-15-11)14-9-3-4-13-8(1)9/h1-4,11-13H,5-7H2. The highest BCUT2D eigenvalue weighted by molar-refractivity contribution is 5.74. The Morgan fingerprint density at radius 2 is 2.33 bits per heavy atom. The zero-order chi connectivity index (χ0) is 10.1. The molecule has 2 aromatic rings. The second-order valence-electron chi connectivity index (χ2n) is 3.71. The monoisotopic (exact) mass is 203 g/mol. The molecule has 1 saturated heterocycles. The number of aromatic nitrogens is 2. The molecule has 3 rings (SSSR count). The Hall–Kier alpha value is -1.39. The molecular weight excluding hydrogens is 190 g/mol. The average molecular weight is 203 g/mol. The predicted octanol–water partition coefficient (Wildman–Crippen LogP) is 1.22. The van der Waals surface area contributed by atoms with Gasteiger partial charge in [-0.05, 0) is 18.2 Å². The molecule has 1 aliphatic rings. The SMILES string of the molecule is c1cc2nc(C3CNCCO3)ccc2[nH]1. The minimum Gasteiger partial charge on any atom is -0.369 e. The van der Waals surface area contributed by atoms with Gasteiger partial charge in [-0.3, -0.25) is 0 Å². The quantitative estimate of drug-likeness (QED) is 0.732. The Bertz CT molecular complexity index is 460. The molecular formula is C11H13N3O. The van der Waals surface area contributed by atoms with E-state index in [2.05, 4.69) is 21.4 Å². The summed E-state index contributed by atoms with van der Waals surface area (Å²) < 4.78 is 5.65. The summed E-state index contributed by atoms with van der Waals surface area (Å²) in [5, 5.41) is 3.30. The van der Waals surface area contributed by atoms with Crippen molar-refractivity contribution in [1.29, 1.82) is 0 Å². The van der Waals surface area contributed by atoms with Gasteiger partial charge in [-0.15, -0.1) is 0 Å². The molecule has 0 amide bonds. The van der Waals surface area contributed by atoms with Crippen LogP contribution in [0.5, 0.6) is 0 Å². The number of hydrogen-bond acceptors (Lipinski definition) is 3. The number of nitrogens with one attached hydrogen (secondary N) is 2. The molecule has 1 unspecified atom stereocenters. The molecule has 0 radical (unpaired) electrons. The van der Waals surface area contributed by atoms with Gasteiger partial charge in [-0.2, -0.15) is 0 Å². The van der Waals surface area contributed by atoms with Gasteiger partial charge in [0.05, 0.1) is 23.3 Å². The zero-order valence-corrected chi connectivity index (χ0v) is 8.36. The van der Waals surface area contributed by atoms with Gasteiger partial charge in [0.25, 0.3) is 0 Å². The van der Waals surface area contributed by atoms with Crippen LogP contribution in [0.25, 0.3) is 11.0 Å². The van der Waals surface area contributed by atoms with Crippen LogP contribution in [0.1, 0.15) is 11.8 Å². The van der Waals surface area contributed by atoms with E-state index in [-0.39, 0.29) is 6.10 Å². The number of H-pyrrole nitrogens is 1. The third kappa shape index (κ3) is 1.62. The van der Waals surface area contributed by atoms with Gasteiger partial charge in [0, 0.05) is 19.3 Å². The number of ether oxygens (including phenoxy) is 1. The van der Waals surface area contributed by atoms with Gasteiger partial charge in [0.2, 0.25) is 0 Å². The lowest BCUT2D eigenvalue weighted by Crippen LogP contribution is -2.33. The van der Waals surface area contributed by atoms with Crippen LogP contribution in [0.2, 0.25) is 0 Å². The fourth-order valence-electron chi connectivity index (χ4n) is 1.88. The maximum Gasteiger partial charge on any atom is 0.112 e. The van der Waals surface area contributed by atoms with Crippen molar-refractivity contribution in [2.75, 3.05) is 19.7 Å². The van der Waals surface area contributed by atoms with Gasteiger partial charge in [0.15, 0.2) is 0 Å². The summed E-state index contributed by atoms with van der Waals surface area (Å²) in [6.07, 6.45) is 2.00. The number of hydrogen-bond donors (Lipinski definition) is 2. The van der Waals surface area contributed by atoms with E-state index in [0.717, 1.165) is 36.4 Å². The molecule has 0 bridgehead atoms. The molecule has 3 heterocycles. The second-order valence-corrected chi connectivity index (χ2v) is 3.71. The second kappa shape index (κ2) is 3.64. The molecule has 78 valence electrons. The van der Waals surface area contributed by atoms with Crippen LogP contribution in [0.3, 0.4) is 0 Å². The summed E-state index contributed by atoms with van der Waals surface area (Å²) in [4.78, 5) is 7.69. The Balaban J connectivity index is 1.95. The van der Waals surface area contributed by atoms with Crippen molar-refractivity contribution >= 4 is 11.0 Å². The van der Waals surface area contributed by atoms with Crippen molar-refractivity contribution in [3.05, 3.63) is 30.1 Å². The Labute approximate surface area is 87.7 Å². The molecule has 2 N–H and O–H groups in total. The third-order valence-corrected chi connectivity index (χ3v) is 2.68. The Morgan fingerprint density at radius 3 is 3.20 bits per heavy atom. The highest BCUT2D eigenvalue weighted by atomic mass is 16.5. The van der Waals surface area contributed by atoms with Crippen molar-refractivity contribution in [3.8, 4) is 0 Å². The van der Waals surface area contributed by atoms with Crippen LogP contribution >= 0.6 is 0 Å². The van der Waals surface area contributed by atoms with Gasteiger partial charge in [-0.1, -0.05) is 0 Å². The number of rotatable bonds is 1. The number of morpholine rings is 1. The maximum atomic E-state index is 5.65. The topological polar surface area (TPSA) is 49.9 Å². The van der Waals surface area contributed by atoms with Crippen LogP contribution in [-0.2, 0) is 4.74 Å². The summed E-state index contributed by atoms with van der Waals surface area (Å²) in [5.74, 6) is 0. The van der Waals surface area contributed by atoms with E-state index in [0.29, 0.717) is 0 Å². The third-order valence-electron chi connectivity index (χ3n) is 2.68. The molecule has 1 aliphatic heterocycles. The Kier molecular flexibility index (Phi) is 2.16. The number of aromatic amines is 1. The largest absolute Gasteiger partial charge is 0.369 e. The molecule has 0 aliphatic carbocycles. The van der Waals surface area contributed by atoms with E-state index in [9.17, 15) is 0 Å². The first-order valence-electron chi connectivity index (χ1n) is 5.20. The minimum absolute atomic E-state index is 0.0954. The molecule has 4 nitrogen and oxygen atoms in total. The van der Waals surface area contributed by atoms with Gasteiger partial charge in [0.1, 0.15) is 6.10 Å². The van der Waals surface area contributed by atoms with E-state index in [1.807, 2.05) is 18.3 Å². The smallest absolute Gasteiger partial charge is 0.112 e. The van der Waals surface area contributed by atoms with Crippen LogP contribution in [0.4, 0.5) is 0 Å². The van der Waals surface area contributed by atoms with Gasteiger partial charge < -0.3 is 15.0 Å². The summed E-state index contributed by atoms with van der Waals surface area (Å²) in [6.45, 7) is 2.54. The lowest BCUT2D eigenvalue weighted by Gasteiger charge is -2.23. The molecule has 0 spiro atoms. The van der Waals surface area contributed by atoms with Crippen LogP contribution in [0.15, 0.2) is 24.4 Å². The van der Waals surface area contributed by atoms with E-state index < -0.39 is 0 Å². The van der Waals surface area contributed by atoms with E-state index in [1.165, 1.54) is 0 Å². The first-order chi connectivity index (χ1) is 7.43. The first-order valence-corrected chi connectivity index (χ1v) is 5.20. The van der Waals surface area contributed by atoms with E-state index >= 15 is 0 Å². The molecule has 0 saturated carbocycles. The molecule has 1 atom stereocenters. The minimum atomic E-state index is 0.0954. The van der Waals surface area contributed by atoms with Crippen molar-refractivity contribution in [1.82, 2.24) is 15.3 Å². The normalized spacial score (nSPS) is 22.0. The summed E-state index contributed by atoms with van der Waals surface area (Å²) in [6, 6.07) is 6.06. The first kappa shape index (κ1) is 8.88. The Morgan fingerprint density at radius 1 is 1.33 bits per heavy atom. The number of nitrogens with zero attached hydrogens (tertiary/aromatic N) is 1. The average Bonchev–Trinajstić information content (AvgIpc) is 2.77. The van der Waals surface area contributed by atoms with Crippen molar-refractivity contribution in [2.45, 2.75) is 6.10 Å². The predicted molar refractivity (Wildman–Crippen MR) is 57.7 cm³/mol. The van der Waals surface area contributed by atoms with Gasteiger partial charge in [-0.25, -0.2) is 4.98 Å². The highest BCUT2D eigenvalue weighted by Crippen LogP contribution is 2.19. The molecule has 1 fully saturated rings. The summed E-state index contributed by atoms with van der Waals surface area (Å²) in [7, 11) is 0. The molecule has 2 aromatic heterocycles. The van der Waals surface area contributed by atoms with Crippen LogP contribution in [-0.4, -0.2) is 29.7 Å². The fraction of sp³-hybridized carbons (Fsp3) is 0.364. The van der Waals surface area contributed by atoms with E-state index in [1.54, 1.807) is 0 Å². The fourth-order valence-corrected chi connectivity index (χ4v) is 1.88. The van der Waals surface area contributed by atoms with Crippen molar-refractivity contribution in [2.24, 2.45) is 0 Å². The summed E-state index contributed by atoms with van der Waals surface area (Å²) in [5.41, 5.74) is 3.08. The highest BCUT2D eigenvalue weighted by Gasteiger charge is 2.16. The van der Waals surface area contributed by atoms with Crippen molar-refractivity contribution < 1.29 is 4.74 Å². The number of fused-ring (bicyclic) bond motifs is 1. The summed E-state index contributed by atoms with van der Waals surface area (Å²) >= 11 is 0. The molecule has 0 aromatic carbocycles. The van der Waals surface area contributed by atoms with Gasteiger partial charge >= 0.3 is 0 Å². The van der Waals surface area contributed by atoms with Crippen LogP contribution < -0.4 is 5.32 Å². The van der Waals surface area contributed by atoms with Crippen LogP contribution in [0, 0.1) is 0 Å². The zero-order valence-electron chi connectivity index (χ0n) is 8.36. The lowest BCUT2D eigenvalue weighted by molar-refractivity contribution is 0.0252. The lowest BCUT2D eigenvalue weighted by atomic mass is 10.2. The van der Waals surface area contributed by atoms with Crippen molar-refractivity contribution in [3.63, 3.8) is 0 Å². The van der Waals surface area contributed by atoms with E-state index in [4.69, 9.17) is 4.74 Å². The molecule has 4 heteroatoms.